The third kappa shape index (κ3) is 2.78. The van der Waals surface area contributed by atoms with Crippen LogP contribution in [0.3, 0.4) is 0 Å². The van der Waals surface area contributed by atoms with Gasteiger partial charge in [0.2, 0.25) is 0 Å². The van der Waals surface area contributed by atoms with Crippen molar-refractivity contribution < 1.29 is 14.3 Å². The van der Waals surface area contributed by atoms with Crippen LogP contribution in [0.25, 0.3) is 0 Å². The van der Waals surface area contributed by atoms with Gasteiger partial charge < -0.3 is 9.47 Å². The standard InChI is InChI=1S/C19H30O3/c1-4-5-6-7-15-12-16(20)10-13(2)19(15,3)17-11-14-8-9-21-18(14)22-17/h4,13-15,17-18H,1,5-12H2,2-3H3/t13-,14+,15-,17+,18+,19+/m1/s1. The molecular formula is C19H30O3. The molecule has 2 heterocycles. The highest BCUT2D eigenvalue weighted by molar-refractivity contribution is 5.80. The fraction of sp³-hybridized carbons (Fsp3) is 0.842. The van der Waals surface area contributed by atoms with Gasteiger partial charge in [-0.15, -0.1) is 6.58 Å². The van der Waals surface area contributed by atoms with E-state index in [0.717, 1.165) is 45.1 Å². The Hall–Kier alpha value is -0.670. The molecule has 1 saturated carbocycles. The van der Waals surface area contributed by atoms with Crippen LogP contribution in [0.15, 0.2) is 12.7 Å². The molecule has 2 saturated heterocycles. The number of unbranched alkanes of at least 4 members (excludes halogenated alkanes) is 1. The van der Waals surface area contributed by atoms with Crippen molar-refractivity contribution in [3.63, 3.8) is 0 Å². The maximum atomic E-state index is 12.1. The Balaban J connectivity index is 1.76. The molecule has 22 heavy (non-hydrogen) atoms. The molecule has 0 unspecified atom stereocenters. The highest BCUT2D eigenvalue weighted by atomic mass is 16.7. The minimum absolute atomic E-state index is 0.0143. The number of Topliss-reactive ketones (excluding diaryl/α,β-unsaturated/α-hetero) is 1. The summed E-state index contributed by atoms with van der Waals surface area (Å²) in [6.07, 6.45) is 9.20. The molecule has 1 aliphatic carbocycles. The van der Waals surface area contributed by atoms with Gasteiger partial charge in [0.1, 0.15) is 5.78 Å². The van der Waals surface area contributed by atoms with Crippen LogP contribution in [0.2, 0.25) is 0 Å². The van der Waals surface area contributed by atoms with Crippen LogP contribution in [0.4, 0.5) is 0 Å². The van der Waals surface area contributed by atoms with E-state index in [1.54, 1.807) is 0 Å². The lowest BCUT2D eigenvalue weighted by atomic mass is 9.57. The van der Waals surface area contributed by atoms with Gasteiger partial charge in [-0.05, 0) is 43.9 Å². The quantitative estimate of drug-likeness (QED) is 0.566. The van der Waals surface area contributed by atoms with Crippen LogP contribution in [0, 0.1) is 23.2 Å². The van der Waals surface area contributed by atoms with Crippen LogP contribution in [0.5, 0.6) is 0 Å². The molecule has 0 aromatic heterocycles. The summed E-state index contributed by atoms with van der Waals surface area (Å²) < 4.78 is 12.0. The molecule has 2 aliphatic heterocycles. The SMILES string of the molecule is C=CCCC[C@@H]1CC(=O)C[C@@H](C)[C@]1(C)[C@@H]1C[C@@H]2CCO[C@H]2O1. The summed E-state index contributed by atoms with van der Waals surface area (Å²) in [6.45, 7) is 9.28. The van der Waals surface area contributed by atoms with Gasteiger partial charge in [-0.25, -0.2) is 0 Å². The Bertz CT molecular complexity index is 420. The molecule has 124 valence electrons. The molecule has 0 aromatic carbocycles. The molecule has 0 radical (unpaired) electrons. The fourth-order valence-corrected chi connectivity index (χ4v) is 4.92. The van der Waals surface area contributed by atoms with Crippen molar-refractivity contribution in [2.45, 2.75) is 71.2 Å². The van der Waals surface area contributed by atoms with E-state index in [1.165, 1.54) is 0 Å². The van der Waals surface area contributed by atoms with E-state index >= 15 is 0 Å². The summed E-state index contributed by atoms with van der Waals surface area (Å²) in [5.41, 5.74) is 0.1000. The third-order valence-corrected chi connectivity index (χ3v) is 6.57. The normalized spacial score (nSPS) is 45.0. The minimum Gasteiger partial charge on any atom is -0.352 e. The topological polar surface area (TPSA) is 35.5 Å². The van der Waals surface area contributed by atoms with Crippen molar-refractivity contribution in [1.29, 1.82) is 0 Å². The molecule has 0 spiro atoms. The number of carbonyl (C=O) groups excluding carboxylic acids is 1. The first-order valence-electron chi connectivity index (χ1n) is 8.95. The van der Waals surface area contributed by atoms with E-state index in [9.17, 15) is 4.79 Å². The number of carbonyl (C=O) groups is 1. The fourth-order valence-electron chi connectivity index (χ4n) is 4.92. The van der Waals surface area contributed by atoms with Crippen LogP contribution >= 0.6 is 0 Å². The lowest BCUT2D eigenvalue weighted by Gasteiger charge is -2.49. The second-order valence-electron chi connectivity index (χ2n) is 7.78. The number of hydrogen-bond acceptors (Lipinski definition) is 3. The summed E-state index contributed by atoms with van der Waals surface area (Å²) in [7, 11) is 0. The predicted octanol–water partition coefficient (Wildman–Crippen LogP) is 4.12. The Morgan fingerprint density at radius 2 is 2.23 bits per heavy atom. The molecule has 3 fully saturated rings. The first-order valence-corrected chi connectivity index (χ1v) is 8.95. The zero-order chi connectivity index (χ0) is 15.7. The largest absolute Gasteiger partial charge is 0.352 e. The molecule has 0 bridgehead atoms. The highest BCUT2D eigenvalue weighted by Gasteiger charge is 2.54. The van der Waals surface area contributed by atoms with Gasteiger partial charge in [-0.2, -0.15) is 0 Å². The second-order valence-corrected chi connectivity index (χ2v) is 7.78. The predicted molar refractivity (Wildman–Crippen MR) is 86.4 cm³/mol. The van der Waals surface area contributed by atoms with Gasteiger partial charge >= 0.3 is 0 Å². The average molecular weight is 306 g/mol. The lowest BCUT2D eigenvalue weighted by molar-refractivity contribution is -0.173. The van der Waals surface area contributed by atoms with Crippen molar-refractivity contribution >= 4 is 5.78 Å². The van der Waals surface area contributed by atoms with E-state index in [2.05, 4.69) is 20.4 Å². The number of ketones is 1. The zero-order valence-corrected chi connectivity index (χ0v) is 14.1. The average Bonchev–Trinajstić information content (AvgIpc) is 3.05. The first-order chi connectivity index (χ1) is 10.6. The molecule has 3 aliphatic rings. The van der Waals surface area contributed by atoms with E-state index in [1.807, 2.05) is 6.08 Å². The molecular weight excluding hydrogens is 276 g/mol. The Labute approximate surface area is 134 Å². The van der Waals surface area contributed by atoms with Gasteiger partial charge in [0.05, 0.1) is 12.7 Å². The van der Waals surface area contributed by atoms with Gasteiger partial charge in [-0.3, -0.25) is 4.79 Å². The van der Waals surface area contributed by atoms with Gasteiger partial charge in [0, 0.05) is 24.2 Å². The van der Waals surface area contributed by atoms with Gasteiger partial charge in [0.25, 0.3) is 0 Å². The molecule has 0 N–H and O–H groups in total. The number of hydrogen-bond donors (Lipinski definition) is 0. The summed E-state index contributed by atoms with van der Waals surface area (Å²) in [5, 5.41) is 0. The maximum Gasteiger partial charge on any atom is 0.160 e. The number of allylic oxidation sites excluding steroid dienone is 1. The van der Waals surface area contributed by atoms with Crippen molar-refractivity contribution in [3.8, 4) is 0 Å². The minimum atomic E-state index is 0.0143. The molecule has 6 atom stereocenters. The monoisotopic (exact) mass is 306 g/mol. The lowest BCUT2D eigenvalue weighted by Crippen LogP contribution is -2.49. The third-order valence-electron chi connectivity index (χ3n) is 6.57. The Morgan fingerprint density at radius 3 is 2.95 bits per heavy atom. The maximum absolute atomic E-state index is 12.1. The van der Waals surface area contributed by atoms with Gasteiger partial charge in [-0.1, -0.05) is 19.9 Å². The first kappa shape index (κ1) is 16.2. The zero-order valence-electron chi connectivity index (χ0n) is 14.1. The summed E-state index contributed by atoms with van der Waals surface area (Å²) in [5.74, 6) is 1.84. The Morgan fingerprint density at radius 1 is 1.41 bits per heavy atom. The molecule has 3 rings (SSSR count). The van der Waals surface area contributed by atoms with E-state index < -0.39 is 0 Å². The van der Waals surface area contributed by atoms with Crippen molar-refractivity contribution in [3.05, 3.63) is 12.7 Å². The summed E-state index contributed by atoms with van der Waals surface area (Å²) >= 11 is 0. The smallest absolute Gasteiger partial charge is 0.160 e. The van der Waals surface area contributed by atoms with E-state index in [4.69, 9.17) is 9.47 Å². The van der Waals surface area contributed by atoms with E-state index in [0.29, 0.717) is 30.0 Å². The summed E-state index contributed by atoms with van der Waals surface area (Å²) in [4.78, 5) is 12.1. The van der Waals surface area contributed by atoms with Gasteiger partial charge in [0.15, 0.2) is 6.29 Å². The molecule has 3 heteroatoms. The molecule has 0 amide bonds. The van der Waals surface area contributed by atoms with Crippen molar-refractivity contribution in [1.82, 2.24) is 0 Å². The second kappa shape index (κ2) is 6.45. The van der Waals surface area contributed by atoms with Crippen LogP contribution in [-0.4, -0.2) is 24.8 Å². The number of ether oxygens (including phenoxy) is 2. The van der Waals surface area contributed by atoms with Crippen LogP contribution < -0.4 is 0 Å². The van der Waals surface area contributed by atoms with Crippen LogP contribution in [0.1, 0.15) is 58.8 Å². The molecule has 3 nitrogen and oxygen atoms in total. The molecule has 0 aromatic rings. The van der Waals surface area contributed by atoms with E-state index in [-0.39, 0.29) is 17.8 Å². The Kier molecular flexibility index (Phi) is 4.75. The van der Waals surface area contributed by atoms with Crippen molar-refractivity contribution in [2.24, 2.45) is 23.2 Å². The number of rotatable bonds is 5. The highest BCUT2D eigenvalue weighted by Crippen LogP contribution is 2.54. The van der Waals surface area contributed by atoms with Crippen LogP contribution in [-0.2, 0) is 14.3 Å². The number of fused-ring (bicyclic) bond motifs is 1. The van der Waals surface area contributed by atoms with Crippen molar-refractivity contribution in [2.75, 3.05) is 6.61 Å². The summed E-state index contributed by atoms with van der Waals surface area (Å²) in [6, 6.07) is 0.